The molecule has 2 rings (SSSR count). The van der Waals surface area contributed by atoms with Crippen LogP contribution in [0, 0.1) is 0 Å². The van der Waals surface area contributed by atoms with Crippen LogP contribution in [0.25, 0.3) is 0 Å². The van der Waals surface area contributed by atoms with Crippen molar-refractivity contribution >= 4 is 33.0 Å². The van der Waals surface area contributed by atoms with Crippen molar-refractivity contribution in [2.45, 2.75) is 26.2 Å². The van der Waals surface area contributed by atoms with Gasteiger partial charge in [-0.25, -0.2) is 13.4 Å². The van der Waals surface area contributed by atoms with Crippen LogP contribution < -0.4 is 10.1 Å². The predicted molar refractivity (Wildman–Crippen MR) is 103 cm³/mol. The average molecular weight is 397 g/mol. The zero-order valence-corrected chi connectivity index (χ0v) is 16.0. The number of sulfone groups is 1. The van der Waals surface area contributed by atoms with E-state index in [2.05, 4.69) is 10.3 Å². The smallest absolute Gasteiger partial charge is 0.239 e. The summed E-state index contributed by atoms with van der Waals surface area (Å²) < 4.78 is 29.3. The number of pyridine rings is 1. The van der Waals surface area contributed by atoms with Crippen LogP contribution in [0.3, 0.4) is 0 Å². The van der Waals surface area contributed by atoms with Gasteiger partial charge in [0, 0.05) is 11.1 Å². The Bertz CT molecular complexity index is 821. The number of nitrogens with one attached hydrogen (secondary N) is 1. The Morgan fingerprint density at radius 1 is 1.15 bits per heavy atom. The number of amides is 1. The number of nitrogens with zero attached hydrogens (tertiary/aromatic N) is 1. The summed E-state index contributed by atoms with van der Waals surface area (Å²) in [6, 6.07) is 10.0. The minimum atomic E-state index is -3.39. The highest BCUT2D eigenvalue weighted by Gasteiger charge is 2.16. The second-order valence-corrected chi connectivity index (χ2v) is 8.41. The van der Waals surface area contributed by atoms with Crippen molar-refractivity contribution in [2.75, 3.05) is 16.8 Å². The molecule has 0 saturated heterocycles. The van der Waals surface area contributed by atoms with Gasteiger partial charge < -0.3 is 10.1 Å². The van der Waals surface area contributed by atoms with Crippen molar-refractivity contribution in [3.8, 4) is 11.6 Å². The highest BCUT2D eigenvalue weighted by molar-refractivity contribution is 7.92. The number of rotatable bonds is 9. The van der Waals surface area contributed by atoms with Crippen molar-refractivity contribution in [3.63, 3.8) is 0 Å². The van der Waals surface area contributed by atoms with Crippen LogP contribution in [0.4, 0.5) is 5.69 Å². The van der Waals surface area contributed by atoms with Crippen LogP contribution in [-0.4, -0.2) is 30.8 Å². The summed E-state index contributed by atoms with van der Waals surface area (Å²) in [6.45, 7) is 1.99. The summed E-state index contributed by atoms with van der Waals surface area (Å²) in [7, 11) is -3.39. The Morgan fingerprint density at radius 3 is 2.50 bits per heavy atom. The third kappa shape index (κ3) is 7.01. The number of halogens is 1. The molecule has 0 aliphatic heterocycles. The van der Waals surface area contributed by atoms with Crippen LogP contribution >= 0.6 is 11.6 Å². The fourth-order valence-electron chi connectivity index (χ4n) is 2.18. The first-order valence-electron chi connectivity index (χ1n) is 8.28. The Hall–Kier alpha value is -2.12. The van der Waals surface area contributed by atoms with E-state index in [1.807, 2.05) is 6.92 Å². The van der Waals surface area contributed by atoms with Gasteiger partial charge in [0.15, 0.2) is 9.84 Å². The number of anilines is 1. The van der Waals surface area contributed by atoms with Crippen molar-refractivity contribution in [2.24, 2.45) is 0 Å². The molecule has 0 fully saturated rings. The standard InChI is InChI=1S/C18H21ClN2O4S/c1-2-3-4-11-26(23,24)13-17(22)21-15-7-10-18(20-12-15)25-16-8-5-14(19)6-9-16/h5-10,12H,2-4,11,13H2,1H3,(H,21,22). The molecular weight excluding hydrogens is 376 g/mol. The molecule has 1 aromatic heterocycles. The lowest BCUT2D eigenvalue weighted by molar-refractivity contribution is -0.113. The predicted octanol–water partition coefficient (Wildman–Crippen LogP) is 4.07. The molecular formula is C18H21ClN2O4S. The molecule has 8 heteroatoms. The van der Waals surface area contributed by atoms with Crippen LogP contribution in [-0.2, 0) is 14.6 Å². The summed E-state index contributed by atoms with van der Waals surface area (Å²) in [6.07, 6.45) is 3.74. The Kier molecular flexibility index (Phi) is 7.41. The minimum Gasteiger partial charge on any atom is -0.439 e. The maximum atomic E-state index is 11.9. The van der Waals surface area contributed by atoms with E-state index in [9.17, 15) is 13.2 Å². The summed E-state index contributed by atoms with van der Waals surface area (Å²) in [5.74, 6) is -0.149. The van der Waals surface area contributed by atoms with Crippen LogP contribution in [0.2, 0.25) is 5.02 Å². The van der Waals surface area contributed by atoms with Gasteiger partial charge in [-0.1, -0.05) is 31.4 Å². The lowest BCUT2D eigenvalue weighted by atomic mass is 10.3. The van der Waals surface area contributed by atoms with E-state index in [0.717, 1.165) is 12.8 Å². The molecule has 1 aromatic carbocycles. The van der Waals surface area contributed by atoms with Gasteiger partial charge in [0.2, 0.25) is 11.8 Å². The number of aromatic nitrogens is 1. The van der Waals surface area contributed by atoms with Gasteiger partial charge in [-0.15, -0.1) is 0 Å². The maximum Gasteiger partial charge on any atom is 0.239 e. The quantitative estimate of drug-likeness (QED) is 0.645. The van der Waals surface area contributed by atoms with E-state index in [1.165, 1.54) is 6.20 Å². The first-order valence-corrected chi connectivity index (χ1v) is 10.5. The van der Waals surface area contributed by atoms with E-state index >= 15 is 0 Å². The fourth-order valence-corrected chi connectivity index (χ4v) is 3.56. The third-order valence-electron chi connectivity index (χ3n) is 3.47. The number of carbonyl (C=O) groups excluding carboxylic acids is 1. The molecule has 0 radical (unpaired) electrons. The largest absolute Gasteiger partial charge is 0.439 e. The molecule has 26 heavy (non-hydrogen) atoms. The zero-order chi connectivity index (χ0) is 19.0. The zero-order valence-electron chi connectivity index (χ0n) is 14.4. The number of hydrogen-bond acceptors (Lipinski definition) is 5. The molecule has 0 spiro atoms. The van der Waals surface area contributed by atoms with Gasteiger partial charge in [0.05, 0.1) is 17.6 Å². The fraction of sp³-hybridized carbons (Fsp3) is 0.333. The molecule has 1 amide bonds. The summed E-state index contributed by atoms with van der Waals surface area (Å²) in [5.41, 5.74) is 0.405. The Labute approximate surface area is 158 Å². The molecule has 0 aliphatic carbocycles. The highest BCUT2D eigenvalue weighted by atomic mass is 35.5. The normalized spacial score (nSPS) is 11.2. The van der Waals surface area contributed by atoms with Crippen molar-refractivity contribution in [1.82, 2.24) is 4.98 Å². The first kappa shape index (κ1) is 20.2. The van der Waals surface area contributed by atoms with Crippen LogP contribution in [0.5, 0.6) is 11.6 Å². The van der Waals surface area contributed by atoms with Crippen LogP contribution in [0.1, 0.15) is 26.2 Å². The summed E-state index contributed by atoms with van der Waals surface area (Å²) in [4.78, 5) is 16.0. The van der Waals surface area contributed by atoms with Gasteiger partial charge in [-0.2, -0.15) is 0 Å². The number of hydrogen-bond donors (Lipinski definition) is 1. The Morgan fingerprint density at radius 2 is 1.88 bits per heavy atom. The Balaban J connectivity index is 1.88. The molecule has 0 unspecified atom stereocenters. The number of benzene rings is 1. The van der Waals surface area contributed by atoms with Gasteiger partial charge in [-0.05, 0) is 36.8 Å². The third-order valence-corrected chi connectivity index (χ3v) is 5.33. The molecule has 0 bridgehead atoms. The van der Waals surface area contributed by atoms with E-state index in [1.54, 1.807) is 36.4 Å². The highest BCUT2D eigenvalue weighted by Crippen LogP contribution is 2.22. The maximum absolute atomic E-state index is 11.9. The topological polar surface area (TPSA) is 85.4 Å². The first-order chi connectivity index (χ1) is 12.4. The molecule has 0 atom stereocenters. The number of unbranched alkanes of at least 4 members (excludes halogenated alkanes) is 2. The van der Waals surface area contributed by atoms with Gasteiger partial charge >= 0.3 is 0 Å². The lowest BCUT2D eigenvalue weighted by Crippen LogP contribution is -2.24. The van der Waals surface area contributed by atoms with E-state index in [4.69, 9.17) is 16.3 Å². The number of ether oxygens (including phenoxy) is 1. The molecule has 6 nitrogen and oxygen atoms in total. The second-order valence-electron chi connectivity index (χ2n) is 5.79. The molecule has 0 saturated carbocycles. The van der Waals surface area contributed by atoms with Gasteiger partial charge in [0.25, 0.3) is 0 Å². The molecule has 1 heterocycles. The van der Waals surface area contributed by atoms with Crippen molar-refractivity contribution in [1.29, 1.82) is 0 Å². The molecule has 1 N–H and O–H groups in total. The summed E-state index contributed by atoms with van der Waals surface area (Å²) in [5, 5.41) is 3.14. The molecule has 0 aliphatic rings. The monoisotopic (exact) mass is 396 g/mol. The van der Waals surface area contributed by atoms with E-state index < -0.39 is 21.5 Å². The minimum absolute atomic E-state index is 0.0282. The van der Waals surface area contributed by atoms with Crippen molar-refractivity contribution < 1.29 is 17.9 Å². The van der Waals surface area contributed by atoms with E-state index in [0.29, 0.717) is 28.8 Å². The van der Waals surface area contributed by atoms with Gasteiger partial charge in [-0.3, -0.25) is 4.79 Å². The SMILES string of the molecule is CCCCCS(=O)(=O)CC(=O)Nc1ccc(Oc2ccc(Cl)cc2)nc1. The second kappa shape index (κ2) is 9.54. The average Bonchev–Trinajstić information content (AvgIpc) is 2.58. The van der Waals surface area contributed by atoms with Gasteiger partial charge in [0.1, 0.15) is 11.5 Å². The van der Waals surface area contributed by atoms with Crippen LogP contribution in [0.15, 0.2) is 42.6 Å². The molecule has 140 valence electrons. The molecule has 2 aromatic rings. The summed E-state index contributed by atoms with van der Waals surface area (Å²) >= 11 is 5.81. The van der Waals surface area contributed by atoms with E-state index in [-0.39, 0.29) is 5.75 Å². The number of carbonyl (C=O) groups is 1. The lowest BCUT2D eigenvalue weighted by Gasteiger charge is -2.08. The van der Waals surface area contributed by atoms with Crippen molar-refractivity contribution in [3.05, 3.63) is 47.6 Å².